The van der Waals surface area contributed by atoms with Crippen molar-refractivity contribution in [2.24, 2.45) is 11.3 Å². The van der Waals surface area contributed by atoms with Gasteiger partial charge in [0.15, 0.2) is 0 Å². The van der Waals surface area contributed by atoms with Crippen molar-refractivity contribution >= 4 is 0 Å². The fourth-order valence-electron chi connectivity index (χ4n) is 3.93. The van der Waals surface area contributed by atoms with Crippen molar-refractivity contribution in [3.8, 4) is 0 Å². The molecule has 2 fully saturated rings. The molecule has 2 aliphatic rings. The number of hydrogen-bond acceptors (Lipinski definition) is 2. The molecule has 2 saturated carbocycles. The van der Waals surface area contributed by atoms with E-state index in [1.165, 1.54) is 6.42 Å². The number of nitrogens with zero attached hydrogens (tertiary/aromatic N) is 1. The SMILES string of the molecule is CCNCC1(CN(CC(F)(F)F)C2CC2)CCCC(C)C1. The first-order valence-electron chi connectivity index (χ1n) is 8.35. The smallest absolute Gasteiger partial charge is 0.316 e. The maximum atomic E-state index is 12.8. The molecule has 2 nitrogen and oxygen atoms in total. The van der Waals surface area contributed by atoms with E-state index >= 15 is 0 Å². The molecule has 124 valence electrons. The maximum Gasteiger partial charge on any atom is 0.401 e. The van der Waals surface area contributed by atoms with Gasteiger partial charge >= 0.3 is 6.18 Å². The molecular weight excluding hydrogens is 277 g/mol. The van der Waals surface area contributed by atoms with Gasteiger partial charge in [-0.2, -0.15) is 13.2 Å². The van der Waals surface area contributed by atoms with Gasteiger partial charge in [-0.25, -0.2) is 0 Å². The van der Waals surface area contributed by atoms with Crippen molar-refractivity contribution in [2.45, 2.75) is 64.6 Å². The summed E-state index contributed by atoms with van der Waals surface area (Å²) < 4.78 is 38.5. The standard InChI is InChI=1S/C16H29F3N2/c1-3-20-10-15(8-4-5-13(2)9-15)11-21(14-6-7-14)12-16(17,18)19/h13-14,20H,3-12H2,1-2H3. The molecule has 0 radical (unpaired) electrons. The Labute approximate surface area is 126 Å². The monoisotopic (exact) mass is 306 g/mol. The normalized spacial score (nSPS) is 30.9. The van der Waals surface area contributed by atoms with Crippen molar-refractivity contribution in [2.75, 3.05) is 26.2 Å². The van der Waals surface area contributed by atoms with Crippen molar-refractivity contribution in [3.05, 3.63) is 0 Å². The predicted molar refractivity (Wildman–Crippen MR) is 79.3 cm³/mol. The third-order valence-corrected chi connectivity index (χ3v) is 4.92. The molecule has 1 N–H and O–H groups in total. The van der Waals surface area contributed by atoms with Gasteiger partial charge in [0.25, 0.3) is 0 Å². The molecule has 0 aliphatic heterocycles. The maximum absolute atomic E-state index is 12.8. The van der Waals surface area contributed by atoms with Crippen LogP contribution >= 0.6 is 0 Å². The van der Waals surface area contributed by atoms with Crippen LogP contribution in [0.4, 0.5) is 13.2 Å². The number of alkyl halides is 3. The fourth-order valence-corrected chi connectivity index (χ4v) is 3.93. The third-order valence-electron chi connectivity index (χ3n) is 4.92. The van der Waals surface area contributed by atoms with Gasteiger partial charge < -0.3 is 5.32 Å². The minimum atomic E-state index is -4.08. The lowest BCUT2D eigenvalue weighted by molar-refractivity contribution is -0.151. The summed E-state index contributed by atoms with van der Waals surface area (Å²) in [5.41, 5.74) is 0.0293. The second kappa shape index (κ2) is 6.86. The second-order valence-corrected chi connectivity index (χ2v) is 7.23. The van der Waals surface area contributed by atoms with Gasteiger partial charge in [-0.05, 0) is 43.6 Å². The molecule has 0 amide bonds. The Morgan fingerprint density at radius 1 is 1.24 bits per heavy atom. The fraction of sp³-hybridized carbons (Fsp3) is 1.00. The summed E-state index contributed by atoms with van der Waals surface area (Å²) in [6.07, 6.45) is 2.27. The van der Waals surface area contributed by atoms with Gasteiger partial charge in [-0.1, -0.05) is 26.7 Å². The molecular formula is C16H29F3N2. The van der Waals surface area contributed by atoms with Crippen LogP contribution in [0.5, 0.6) is 0 Å². The largest absolute Gasteiger partial charge is 0.401 e. The number of rotatable bonds is 7. The zero-order valence-electron chi connectivity index (χ0n) is 13.3. The summed E-state index contributed by atoms with van der Waals surface area (Å²) in [4.78, 5) is 1.72. The second-order valence-electron chi connectivity index (χ2n) is 7.23. The lowest BCUT2D eigenvalue weighted by Crippen LogP contribution is -2.49. The average molecular weight is 306 g/mol. The first-order valence-corrected chi connectivity index (χ1v) is 8.35. The lowest BCUT2D eigenvalue weighted by atomic mass is 9.69. The van der Waals surface area contributed by atoms with Gasteiger partial charge in [0.1, 0.15) is 0 Å². The van der Waals surface area contributed by atoms with Crippen LogP contribution in [0.3, 0.4) is 0 Å². The average Bonchev–Trinajstić information content (AvgIpc) is 3.18. The summed E-state index contributed by atoms with van der Waals surface area (Å²) in [6.45, 7) is 5.92. The highest BCUT2D eigenvalue weighted by Crippen LogP contribution is 2.42. The molecule has 5 heteroatoms. The molecule has 0 heterocycles. The molecule has 0 aromatic heterocycles. The van der Waals surface area contributed by atoms with E-state index in [2.05, 4.69) is 19.2 Å². The summed E-state index contributed by atoms with van der Waals surface area (Å²) in [6, 6.07) is 0.169. The molecule has 0 aromatic rings. The lowest BCUT2D eigenvalue weighted by Gasteiger charge is -2.44. The van der Waals surface area contributed by atoms with E-state index in [0.717, 1.165) is 45.2 Å². The highest BCUT2D eigenvalue weighted by Gasteiger charge is 2.43. The van der Waals surface area contributed by atoms with E-state index in [1.54, 1.807) is 4.90 Å². The van der Waals surface area contributed by atoms with E-state index in [4.69, 9.17) is 0 Å². The van der Waals surface area contributed by atoms with E-state index in [-0.39, 0.29) is 11.5 Å². The van der Waals surface area contributed by atoms with Crippen molar-refractivity contribution in [3.63, 3.8) is 0 Å². The van der Waals surface area contributed by atoms with Crippen molar-refractivity contribution < 1.29 is 13.2 Å². The Morgan fingerprint density at radius 3 is 2.48 bits per heavy atom. The van der Waals surface area contributed by atoms with Crippen LogP contribution in [-0.2, 0) is 0 Å². The Bertz CT molecular complexity index is 328. The minimum Gasteiger partial charge on any atom is -0.316 e. The Kier molecular flexibility index (Phi) is 5.58. The summed E-state index contributed by atoms with van der Waals surface area (Å²) >= 11 is 0. The van der Waals surface area contributed by atoms with Gasteiger partial charge in [0.2, 0.25) is 0 Å². The molecule has 0 spiro atoms. The molecule has 2 atom stereocenters. The number of nitrogens with one attached hydrogen (secondary N) is 1. The highest BCUT2D eigenvalue weighted by atomic mass is 19.4. The Morgan fingerprint density at radius 2 is 1.95 bits per heavy atom. The number of hydrogen-bond donors (Lipinski definition) is 1. The molecule has 21 heavy (non-hydrogen) atoms. The van der Waals surface area contributed by atoms with Crippen LogP contribution in [-0.4, -0.2) is 43.3 Å². The van der Waals surface area contributed by atoms with Crippen LogP contribution in [0.2, 0.25) is 0 Å². The minimum absolute atomic E-state index is 0.0293. The van der Waals surface area contributed by atoms with Crippen LogP contribution in [0.1, 0.15) is 52.4 Å². The van der Waals surface area contributed by atoms with Crippen LogP contribution in [0, 0.1) is 11.3 Å². The van der Waals surface area contributed by atoms with Gasteiger partial charge in [-0.15, -0.1) is 0 Å². The highest BCUT2D eigenvalue weighted by molar-refractivity contribution is 4.94. The van der Waals surface area contributed by atoms with E-state index in [1.807, 2.05) is 0 Å². The summed E-state index contributed by atoms with van der Waals surface area (Å²) in [7, 11) is 0. The Balaban J connectivity index is 2.04. The van der Waals surface area contributed by atoms with Gasteiger partial charge in [-0.3, -0.25) is 4.90 Å². The first-order chi connectivity index (χ1) is 9.84. The molecule has 2 aliphatic carbocycles. The van der Waals surface area contributed by atoms with Crippen LogP contribution in [0.15, 0.2) is 0 Å². The molecule has 0 bridgehead atoms. The Hall–Kier alpha value is -0.290. The van der Waals surface area contributed by atoms with Gasteiger partial charge in [0.05, 0.1) is 6.54 Å². The topological polar surface area (TPSA) is 15.3 Å². The molecule has 2 unspecified atom stereocenters. The van der Waals surface area contributed by atoms with Crippen molar-refractivity contribution in [1.82, 2.24) is 10.2 Å². The molecule has 2 rings (SSSR count). The third kappa shape index (κ3) is 5.44. The van der Waals surface area contributed by atoms with E-state index in [9.17, 15) is 13.2 Å². The molecule has 0 saturated heterocycles. The van der Waals surface area contributed by atoms with Crippen LogP contribution < -0.4 is 5.32 Å². The first kappa shape index (κ1) is 17.1. The number of halogens is 3. The summed E-state index contributed by atoms with van der Waals surface area (Å²) in [5, 5.41) is 3.40. The predicted octanol–water partition coefficient (Wildman–Crippen LogP) is 3.82. The zero-order valence-corrected chi connectivity index (χ0v) is 13.3. The van der Waals surface area contributed by atoms with Gasteiger partial charge in [0, 0.05) is 19.1 Å². The molecule has 0 aromatic carbocycles. The summed E-state index contributed by atoms with van der Waals surface area (Å²) in [5.74, 6) is 0.629. The van der Waals surface area contributed by atoms with Crippen molar-refractivity contribution in [1.29, 1.82) is 0 Å². The van der Waals surface area contributed by atoms with E-state index < -0.39 is 12.7 Å². The quantitative estimate of drug-likeness (QED) is 0.769. The zero-order chi connectivity index (χ0) is 15.5. The van der Waals surface area contributed by atoms with E-state index in [0.29, 0.717) is 12.5 Å². The van der Waals surface area contributed by atoms with Crippen LogP contribution in [0.25, 0.3) is 0 Å².